The normalized spacial score (nSPS) is 10.3. The minimum Gasteiger partial charge on any atom is -0.495 e. The number of methoxy groups -OCH3 is 1. The van der Waals surface area contributed by atoms with Gasteiger partial charge in [0.25, 0.3) is 0 Å². The molecule has 2 rings (SSSR count). The Kier molecular flexibility index (Phi) is 3.64. The minimum absolute atomic E-state index is 0.00701. The van der Waals surface area contributed by atoms with E-state index in [-0.39, 0.29) is 5.78 Å². The fraction of sp³-hybridized carbons (Fsp3) is 0.154. The monoisotopic (exact) mass is 310 g/mol. The van der Waals surface area contributed by atoms with Crippen LogP contribution in [0.5, 0.6) is 5.75 Å². The SMILES string of the molecule is COc1ccsc1C(=O)c1cccc(C)c1Br. The van der Waals surface area contributed by atoms with Crippen LogP contribution in [-0.2, 0) is 0 Å². The third kappa shape index (κ3) is 2.28. The molecule has 0 N–H and O–H groups in total. The maximum atomic E-state index is 12.4. The first-order valence-corrected chi connectivity index (χ1v) is 6.73. The summed E-state index contributed by atoms with van der Waals surface area (Å²) in [5.74, 6) is 0.626. The lowest BCUT2D eigenvalue weighted by molar-refractivity contribution is 0.103. The predicted octanol–water partition coefficient (Wildman–Crippen LogP) is 4.06. The third-order valence-corrected chi connectivity index (χ3v) is 4.44. The van der Waals surface area contributed by atoms with Crippen molar-refractivity contribution in [2.24, 2.45) is 0 Å². The number of halogens is 1. The number of ether oxygens (including phenoxy) is 1. The average Bonchev–Trinajstić information content (AvgIpc) is 2.80. The lowest BCUT2D eigenvalue weighted by Gasteiger charge is -2.06. The van der Waals surface area contributed by atoms with Crippen LogP contribution in [0.1, 0.15) is 20.8 Å². The Hall–Kier alpha value is -1.13. The molecule has 2 nitrogen and oxygen atoms in total. The van der Waals surface area contributed by atoms with Gasteiger partial charge in [0.1, 0.15) is 10.6 Å². The van der Waals surface area contributed by atoms with Crippen molar-refractivity contribution in [1.82, 2.24) is 0 Å². The molecule has 0 fully saturated rings. The average molecular weight is 311 g/mol. The molecule has 0 atom stereocenters. The largest absolute Gasteiger partial charge is 0.495 e. The zero-order chi connectivity index (χ0) is 12.4. The molecule has 0 aliphatic rings. The van der Waals surface area contributed by atoms with Gasteiger partial charge in [-0.05, 0) is 45.9 Å². The van der Waals surface area contributed by atoms with Crippen LogP contribution < -0.4 is 4.74 Å². The van der Waals surface area contributed by atoms with Gasteiger partial charge >= 0.3 is 0 Å². The molecule has 0 spiro atoms. The van der Waals surface area contributed by atoms with E-state index < -0.39 is 0 Å². The van der Waals surface area contributed by atoms with Gasteiger partial charge in [0.15, 0.2) is 0 Å². The fourth-order valence-electron chi connectivity index (χ4n) is 1.57. The Bertz CT molecular complexity index is 560. The predicted molar refractivity (Wildman–Crippen MR) is 73.2 cm³/mol. The number of carbonyl (C=O) groups is 1. The standard InChI is InChI=1S/C13H11BrO2S/c1-8-4-3-5-9(11(8)14)12(15)13-10(16-2)6-7-17-13/h3-7H,1-2H3. The van der Waals surface area contributed by atoms with E-state index in [1.165, 1.54) is 11.3 Å². The van der Waals surface area contributed by atoms with E-state index in [4.69, 9.17) is 4.74 Å². The maximum Gasteiger partial charge on any atom is 0.207 e. The summed E-state index contributed by atoms with van der Waals surface area (Å²) < 4.78 is 6.02. The summed E-state index contributed by atoms with van der Waals surface area (Å²) in [6.07, 6.45) is 0. The van der Waals surface area contributed by atoms with Gasteiger partial charge in [-0.3, -0.25) is 4.79 Å². The molecule has 1 heterocycles. The lowest BCUT2D eigenvalue weighted by atomic mass is 10.1. The molecule has 0 radical (unpaired) electrons. The zero-order valence-corrected chi connectivity index (χ0v) is 11.9. The molecular weight excluding hydrogens is 300 g/mol. The summed E-state index contributed by atoms with van der Waals surface area (Å²) in [7, 11) is 1.57. The molecule has 4 heteroatoms. The van der Waals surface area contributed by atoms with Crippen molar-refractivity contribution in [3.8, 4) is 5.75 Å². The zero-order valence-electron chi connectivity index (χ0n) is 9.49. The summed E-state index contributed by atoms with van der Waals surface area (Å²) in [4.78, 5) is 13.0. The number of carbonyl (C=O) groups excluding carboxylic acids is 1. The van der Waals surface area contributed by atoms with Crippen molar-refractivity contribution in [2.45, 2.75) is 6.92 Å². The molecule has 0 saturated heterocycles. The van der Waals surface area contributed by atoms with Crippen molar-refractivity contribution in [3.63, 3.8) is 0 Å². The second-order valence-electron chi connectivity index (χ2n) is 3.58. The van der Waals surface area contributed by atoms with Gasteiger partial charge in [-0.25, -0.2) is 0 Å². The Morgan fingerprint density at radius 3 is 2.82 bits per heavy atom. The first kappa shape index (κ1) is 12.3. The quantitative estimate of drug-likeness (QED) is 0.799. The first-order valence-electron chi connectivity index (χ1n) is 5.06. The van der Waals surface area contributed by atoms with Crippen molar-refractivity contribution in [2.75, 3.05) is 7.11 Å². The number of benzene rings is 1. The van der Waals surface area contributed by atoms with Crippen LogP contribution in [0, 0.1) is 6.92 Å². The Labute approximate surface area is 112 Å². The molecule has 0 saturated carbocycles. The molecule has 1 aromatic heterocycles. The van der Waals surface area contributed by atoms with E-state index >= 15 is 0 Å². The number of hydrogen-bond donors (Lipinski definition) is 0. The van der Waals surface area contributed by atoms with Crippen LogP contribution in [-0.4, -0.2) is 12.9 Å². The third-order valence-electron chi connectivity index (χ3n) is 2.49. The van der Waals surface area contributed by atoms with E-state index in [9.17, 15) is 4.79 Å². The van der Waals surface area contributed by atoms with Crippen molar-refractivity contribution in [3.05, 3.63) is 50.1 Å². The van der Waals surface area contributed by atoms with Gasteiger partial charge in [-0.15, -0.1) is 11.3 Å². The molecule has 0 aliphatic carbocycles. The van der Waals surface area contributed by atoms with Gasteiger partial charge < -0.3 is 4.74 Å². The highest BCUT2D eigenvalue weighted by molar-refractivity contribution is 9.10. The Balaban J connectivity index is 2.48. The molecule has 0 bridgehead atoms. The van der Waals surface area contributed by atoms with Crippen molar-refractivity contribution >= 4 is 33.0 Å². The van der Waals surface area contributed by atoms with Crippen molar-refractivity contribution in [1.29, 1.82) is 0 Å². The summed E-state index contributed by atoms with van der Waals surface area (Å²) in [5.41, 5.74) is 1.72. The fourth-order valence-corrected chi connectivity index (χ4v) is 2.83. The highest BCUT2D eigenvalue weighted by atomic mass is 79.9. The molecule has 1 aromatic carbocycles. The van der Waals surface area contributed by atoms with E-state index in [1.54, 1.807) is 7.11 Å². The summed E-state index contributed by atoms with van der Waals surface area (Å²) in [6, 6.07) is 7.47. The van der Waals surface area contributed by atoms with Crippen LogP contribution >= 0.6 is 27.3 Å². The van der Waals surface area contributed by atoms with Crippen LogP contribution in [0.4, 0.5) is 0 Å². The Morgan fingerprint density at radius 1 is 1.35 bits per heavy atom. The van der Waals surface area contributed by atoms with Crippen LogP contribution in [0.3, 0.4) is 0 Å². The molecule has 2 aromatic rings. The summed E-state index contributed by atoms with van der Waals surface area (Å²) >= 11 is 4.85. The number of ketones is 1. The minimum atomic E-state index is -0.00701. The first-order chi connectivity index (χ1) is 8.15. The van der Waals surface area contributed by atoms with Crippen molar-refractivity contribution < 1.29 is 9.53 Å². The highest BCUT2D eigenvalue weighted by Gasteiger charge is 2.18. The van der Waals surface area contributed by atoms with Crippen LogP contribution in [0.25, 0.3) is 0 Å². The molecule has 88 valence electrons. The van der Waals surface area contributed by atoms with Gasteiger partial charge in [0.05, 0.1) is 7.11 Å². The number of hydrogen-bond acceptors (Lipinski definition) is 3. The molecular formula is C13H11BrO2S. The van der Waals surface area contributed by atoms with Gasteiger partial charge in [-0.1, -0.05) is 12.1 Å². The summed E-state index contributed by atoms with van der Waals surface area (Å²) in [5, 5.41) is 1.86. The second kappa shape index (κ2) is 5.02. The van der Waals surface area contributed by atoms with Gasteiger partial charge in [0, 0.05) is 10.0 Å². The maximum absolute atomic E-state index is 12.4. The van der Waals surface area contributed by atoms with Crippen LogP contribution in [0.15, 0.2) is 34.1 Å². The van der Waals surface area contributed by atoms with E-state index in [0.717, 1.165) is 10.0 Å². The molecule has 17 heavy (non-hydrogen) atoms. The van der Waals surface area contributed by atoms with Crippen LogP contribution in [0.2, 0.25) is 0 Å². The smallest absolute Gasteiger partial charge is 0.207 e. The topological polar surface area (TPSA) is 26.3 Å². The Morgan fingerprint density at radius 2 is 2.12 bits per heavy atom. The van der Waals surface area contributed by atoms with Gasteiger partial charge in [0.2, 0.25) is 5.78 Å². The number of thiophene rings is 1. The molecule has 0 amide bonds. The number of rotatable bonds is 3. The van der Waals surface area contributed by atoms with E-state index in [1.807, 2.05) is 36.6 Å². The number of aryl methyl sites for hydroxylation is 1. The van der Waals surface area contributed by atoms with E-state index in [2.05, 4.69) is 15.9 Å². The summed E-state index contributed by atoms with van der Waals surface area (Å²) in [6.45, 7) is 1.96. The second-order valence-corrected chi connectivity index (χ2v) is 5.29. The molecule has 0 aliphatic heterocycles. The highest BCUT2D eigenvalue weighted by Crippen LogP contribution is 2.30. The van der Waals surface area contributed by atoms with Gasteiger partial charge in [-0.2, -0.15) is 0 Å². The lowest BCUT2D eigenvalue weighted by Crippen LogP contribution is -2.02. The van der Waals surface area contributed by atoms with E-state index in [0.29, 0.717) is 16.2 Å². The molecule has 0 unspecified atom stereocenters.